The zero-order chi connectivity index (χ0) is 10.8. The second kappa shape index (κ2) is 4.09. The van der Waals surface area contributed by atoms with E-state index in [9.17, 15) is 0 Å². The maximum Gasteiger partial charge on any atom is 0.124 e. The first-order chi connectivity index (χ1) is 7.22. The lowest BCUT2D eigenvalue weighted by Gasteiger charge is -2.07. The van der Waals surface area contributed by atoms with Crippen molar-refractivity contribution in [3.63, 3.8) is 0 Å². The molecule has 4 heteroatoms. The third-order valence-electron chi connectivity index (χ3n) is 2.03. The van der Waals surface area contributed by atoms with Gasteiger partial charge in [0.25, 0.3) is 0 Å². The SMILES string of the molecule is N#Cc1cccn1-c1ccc(Cl)cc1Br. The van der Waals surface area contributed by atoms with Crippen LogP contribution >= 0.6 is 27.5 Å². The van der Waals surface area contributed by atoms with Gasteiger partial charge in [-0.05, 0) is 46.3 Å². The summed E-state index contributed by atoms with van der Waals surface area (Å²) in [5, 5.41) is 9.57. The van der Waals surface area contributed by atoms with Gasteiger partial charge < -0.3 is 4.57 Å². The van der Waals surface area contributed by atoms with Gasteiger partial charge in [0.15, 0.2) is 0 Å². The Morgan fingerprint density at radius 2 is 2.13 bits per heavy atom. The highest BCUT2D eigenvalue weighted by Gasteiger charge is 2.06. The van der Waals surface area contributed by atoms with E-state index < -0.39 is 0 Å². The van der Waals surface area contributed by atoms with E-state index in [0.29, 0.717) is 10.7 Å². The summed E-state index contributed by atoms with van der Waals surface area (Å²) >= 11 is 9.26. The van der Waals surface area contributed by atoms with Gasteiger partial charge in [-0.15, -0.1) is 0 Å². The zero-order valence-electron chi connectivity index (χ0n) is 7.61. The normalized spacial score (nSPS) is 9.93. The van der Waals surface area contributed by atoms with Gasteiger partial charge in [-0.1, -0.05) is 11.6 Å². The predicted octanol–water partition coefficient (Wildman–Crippen LogP) is 3.76. The van der Waals surface area contributed by atoms with Gasteiger partial charge in [-0.3, -0.25) is 0 Å². The summed E-state index contributed by atoms with van der Waals surface area (Å²) in [4.78, 5) is 0. The summed E-state index contributed by atoms with van der Waals surface area (Å²) in [5.74, 6) is 0. The Hall–Kier alpha value is -1.24. The smallest absolute Gasteiger partial charge is 0.124 e. The maximum atomic E-state index is 8.90. The van der Waals surface area contributed by atoms with Crippen molar-refractivity contribution >= 4 is 27.5 Å². The van der Waals surface area contributed by atoms with Crippen LogP contribution in [0.15, 0.2) is 41.0 Å². The number of nitriles is 1. The third-order valence-corrected chi connectivity index (χ3v) is 2.90. The van der Waals surface area contributed by atoms with Crippen molar-refractivity contribution in [3.8, 4) is 11.8 Å². The summed E-state index contributed by atoms with van der Waals surface area (Å²) in [7, 11) is 0. The molecule has 0 spiro atoms. The van der Waals surface area contributed by atoms with Crippen LogP contribution in [0.4, 0.5) is 0 Å². The minimum Gasteiger partial charge on any atom is -0.307 e. The lowest BCUT2D eigenvalue weighted by atomic mass is 10.3. The molecular weight excluding hydrogens is 275 g/mol. The van der Waals surface area contributed by atoms with Gasteiger partial charge in [0, 0.05) is 15.7 Å². The van der Waals surface area contributed by atoms with Gasteiger partial charge in [0.2, 0.25) is 0 Å². The van der Waals surface area contributed by atoms with E-state index in [1.165, 1.54) is 0 Å². The highest BCUT2D eigenvalue weighted by molar-refractivity contribution is 9.10. The molecule has 2 aromatic rings. The average molecular weight is 282 g/mol. The third kappa shape index (κ3) is 1.92. The number of halogens is 2. The largest absolute Gasteiger partial charge is 0.307 e. The van der Waals surface area contributed by atoms with Crippen LogP contribution in [0.2, 0.25) is 5.02 Å². The molecule has 0 unspecified atom stereocenters. The Balaban J connectivity index is 2.60. The van der Waals surface area contributed by atoms with Crippen molar-refractivity contribution in [2.24, 2.45) is 0 Å². The van der Waals surface area contributed by atoms with Crippen molar-refractivity contribution in [2.45, 2.75) is 0 Å². The number of benzene rings is 1. The predicted molar refractivity (Wildman–Crippen MR) is 63.2 cm³/mol. The Bertz CT molecular complexity index is 540. The fourth-order valence-electron chi connectivity index (χ4n) is 1.36. The average Bonchev–Trinajstić information content (AvgIpc) is 2.65. The van der Waals surface area contributed by atoms with Crippen molar-refractivity contribution in [2.75, 3.05) is 0 Å². The second-order valence-corrected chi connectivity index (χ2v) is 4.26. The maximum absolute atomic E-state index is 8.90. The molecule has 0 radical (unpaired) electrons. The Morgan fingerprint density at radius 3 is 2.80 bits per heavy atom. The number of hydrogen-bond acceptors (Lipinski definition) is 1. The fraction of sp³-hybridized carbons (Fsp3) is 0. The fourth-order valence-corrected chi connectivity index (χ4v) is 2.23. The molecule has 1 aromatic heterocycles. The molecule has 0 saturated carbocycles. The van der Waals surface area contributed by atoms with Crippen molar-refractivity contribution in [1.29, 1.82) is 5.26 Å². The van der Waals surface area contributed by atoms with Crippen LogP contribution in [0.1, 0.15) is 5.69 Å². The summed E-state index contributed by atoms with van der Waals surface area (Å²) in [6.45, 7) is 0. The summed E-state index contributed by atoms with van der Waals surface area (Å²) in [5.41, 5.74) is 1.50. The van der Waals surface area contributed by atoms with E-state index in [2.05, 4.69) is 22.0 Å². The van der Waals surface area contributed by atoms with Crippen LogP contribution in [-0.4, -0.2) is 4.57 Å². The van der Waals surface area contributed by atoms with Crippen LogP contribution in [-0.2, 0) is 0 Å². The molecule has 0 atom stereocenters. The highest BCUT2D eigenvalue weighted by atomic mass is 79.9. The van der Waals surface area contributed by atoms with Crippen LogP contribution in [0.25, 0.3) is 5.69 Å². The molecule has 15 heavy (non-hydrogen) atoms. The molecule has 2 nitrogen and oxygen atoms in total. The van der Waals surface area contributed by atoms with Crippen LogP contribution in [0.5, 0.6) is 0 Å². The second-order valence-electron chi connectivity index (χ2n) is 2.97. The summed E-state index contributed by atoms with van der Waals surface area (Å²) in [6.07, 6.45) is 1.84. The minimum absolute atomic E-state index is 0.595. The molecule has 0 fully saturated rings. The summed E-state index contributed by atoms with van der Waals surface area (Å²) in [6, 6.07) is 11.2. The standard InChI is InChI=1S/C11H6BrClN2/c12-10-6-8(13)3-4-11(10)15-5-1-2-9(15)7-14/h1-6H. The minimum atomic E-state index is 0.595. The van der Waals surface area contributed by atoms with Crippen molar-refractivity contribution in [3.05, 3.63) is 51.7 Å². The van der Waals surface area contributed by atoms with E-state index in [-0.39, 0.29) is 0 Å². The van der Waals surface area contributed by atoms with Gasteiger partial charge in [0.05, 0.1) is 5.69 Å². The van der Waals surface area contributed by atoms with Gasteiger partial charge in [-0.25, -0.2) is 0 Å². The topological polar surface area (TPSA) is 28.7 Å². The molecule has 74 valence electrons. The molecule has 0 saturated heterocycles. The van der Waals surface area contributed by atoms with Gasteiger partial charge >= 0.3 is 0 Å². The van der Waals surface area contributed by atoms with Crippen LogP contribution < -0.4 is 0 Å². The molecule has 0 amide bonds. The number of hydrogen-bond donors (Lipinski definition) is 0. The first-order valence-corrected chi connectivity index (χ1v) is 5.42. The van der Waals surface area contributed by atoms with Crippen molar-refractivity contribution < 1.29 is 0 Å². The molecule has 2 rings (SSSR count). The van der Waals surface area contributed by atoms with E-state index in [4.69, 9.17) is 16.9 Å². The molecule has 1 aromatic carbocycles. The van der Waals surface area contributed by atoms with Crippen LogP contribution in [0.3, 0.4) is 0 Å². The molecule has 0 aliphatic rings. The Labute approximate surface area is 101 Å². The van der Waals surface area contributed by atoms with Crippen LogP contribution in [0, 0.1) is 11.3 Å². The van der Waals surface area contributed by atoms with E-state index in [0.717, 1.165) is 10.2 Å². The molecule has 0 bridgehead atoms. The molecular formula is C11H6BrClN2. The molecule has 1 heterocycles. The molecule has 0 aliphatic carbocycles. The Kier molecular flexibility index (Phi) is 2.81. The van der Waals surface area contributed by atoms with E-state index in [1.54, 1.807) is 22.8 Å². The first-order valence-electron chi connectivity index (χ1n) is 4.25. The molecule has 0 aliphatic heterocycles. The lowest BCUT2D eigenvalue weighted by Crippen LogP contribution is -1.95. The first kappa shape index (κ1) is 10.3. The summed E-state index contributed by atoms with van der Waals surface area (Å²) < 4.78 is 2.67. The Morgan fingerprint density at radius 1 is 1.33 bits per heavy atom. The van der Waals surface area contributed by atoms with E-state index >= 15 is 0 Å². The number of nitrogens with zero attached hydrogens (tertiary/aromatic N) is 2. The number of rotatable bonds is 1. The van der Waals surface area contributed by atoms with Crippen molar-refractivity contribution in [1.82, 2.24) is 4.57 Å². The zero-order valence-corrected chi connectivity index (χ0v) is 9.96. The number of aromatic nitrogens is 1. The van der Waals surface area contributed by atoms with Gasteiger partial charge in [0.1, 0.15) is 11.8 Å². The lowest BCUT2D eigenvalue weighted by molar-refractivity contribution is 1.04. The van der Waals surface area contributed by atoms with Gasteiger partial charge in [-0.2, -0.15) is 5.26 Å². The monoisotopic (exact) mass is 280 g/mol. The molecule has 0 N–H and O–H groups in total. The quantitative estimate of drug-likeness (QED) is 0.782. The van der Waals surface area contributed by atoms with E-state index in [1.807, 2.05) is 18.3 Å². The highest BCUT2D eigenvalue weighted by Crippen LogP contribution is 2.25.